The molecular weight excluding hydrogens is 230 g/mol. The third kappa shape index (κ3) is 3.65. The van der Waals surface area contributed by atoms with Crippen molar-refractivity contribution in [2.24, 2.45) is 12.8 Å². The lowest BCUT2D eigenvalue weighted by Crippen LogP contribution is -2.39. The zero-order chi connectivity index (χ0) is 12.1. The lowest BCUT2D eigenvalue weighted by molar-refractivity contribution is -0.136. The third-order valence-electron chi connectivity index (χ3n) is 1.58. The molecule has 1 heterocycles. The van der Waals surface area contributed by atoms with Crippen molar-refractivity contribution in [3.8, 4) is 0 Å². The van der Waals surface area contributed by atoms with E-state index in [1.165, 1.54) is 4.68 Å². The molecule has 0 aromatic carbocycles. The average Bonchev–Trinajstić information content (AvgIpc) is 2.60. The lowest BCUT2D eigenvalue weighted by Gasteiger charge is -2.03. The smallest absolute Gasteiger partial charge is 0.314 e. The minimum Gasteiger partial charge on any atom is -0.392 e. The quantitative estimate of drug-likeness (QED) is 0.454. The van der Waals surface area contributed by atoms with Crippen molar-refractivity contribution in [2.75, 3.05) is 11.9 Å². The summed E-state index contributed by atoms with van der Waals surface area (Å²) in [7, 11) is 1.70. The molecule has 8 heteroatoms. The van der Waals surface area contributed by atoms with Crippen LogP contribution in [0.3, 0.4) is 0 Å². The molecular formula is C8H11N5O2S. The summed E-state index contributed by atoms with van der Waals surface area (Å²) in [5.74, 6) is -1.31. The topological polar surface area (TPSA) is 102 Å². The first kappa shape index (κ1) is 12.1. The van der Waals surface area contributed by atoms with Crippen LogP contribution in [0, 0.1) is 0 Å². The second-order valence-corrected chi connectivity index (χ2v) is 3.50. The van der Waals surface area contributed by atoms with Crippen molar-refractivity contribution in [1.29, 1.82) is 0 Å². The van der Waals surface area contributed by atoms with Crippen LogP contribution >= 0.6 is 12.2 Å². The van der Waals surface area contributed by atoms with Crippen LogP contribution in [0.25, 0.3) is 0 Å². The van der Waals surface area contributed by atoms with Crippen LogP contribution in [0.1, 0.15) is 0 Å². The molecule has 0 bridgehead atoms. The molecule has 0 radical (unpaired) electrons. The third-order valence-corrected chi connectivity index (χ3v) is 1.73. The van der Waals surface area contributed by atoms with Gasteiger partial charge in [0.25, 0.3) is 0 Å². The molecule has 0 fully saturated rings. The first-order valence-corrected chi connectivity index (χ1v) is 4.77. The van der Waals surface area contributed by atoms with Gasteiger partial charge in [0.15, 0.2) is 5.82 Å². The van der Waals surface area contributed by atoms with Crippen LogP contribution in [-0.2, 0) is 16.6 Å². The molecule has 0 saturated carbocycles. The van der Waals surface area contributed by atoms with Gasteiger partial charge in [-0.3, -0.25) is 14.3 Å². The molecule has 0 aliphatic carbocycles. The van der Waals surface area contributed by atoms with Crippen molar-refractivity contribution in [3.05, 3.63) is 12.3 Å². The molecule has 7 nitrogen and oxygen atoms in total. The van der Waals surface area contributed by atoms with Crippen molar-refractivity contribution < 1.29 is 9.59 Å². The first-order chi connectivity index (χ1) is 7.49. The summed E-state index contributed by atoms with van der Waals surface area (Å²) in [6, 6.07) is 1.57. The van der Waals surface area contributed by atoms with Gasteiger partial charge in [0.05, 0.1) is 11.5 Å². The number of aromatic nitrogens is 2. The maximum Gasteiger partial charge on any atom is 0.314 e. The maximum atomic E-state index is 11.3. The van der Waals surface area contributed by atoms with E-state index in [4.69, 9.17) is 5.73 Å². The van der Waals surface area contributed by atoms with E-state index in [-0.39, 0.29) is 11.5 Å². The zero-order valence-corrected chi connectivity index (χ0v) is 9.37. The number of thiocarbonyl (C=S) groups is 1. The Morgan fingerprint density at radius 2 is 2.25 bits per heavy atom. The summed E-state index contributed by atoms with van der Waals surface area (Å²) in [4.78, 5) is 22.6. The molecule has 4 N–H and O–H groups in total. The van der Waals surface area contributed by atoms with E-state index in [1.807, 2.05) is 0 Å². The number of nitrogens with zero attached hydrogens (tertiary/aromatic N) is 2. The normalized spacial score (nSPS) is 9.56. The van der Waals surface area contributed by atoms with Gasteiger partial charge in [0.2, 0.25) is 0 Å². The molecule has 16 heavy (non-hydrogen) atoms. The fraction of sp³-hybridized carbons (Fsp3) is 0.250. The first-order valence-electron chi connectivity index (χ1n) is 4.36. The fourth-order valence-corrected chi connectivity index (χ4v) is 0.975. The summed E-state index contributed by atoms with van der Waals surface area (Å²) in [5, 5.41) is 8.46. The molecule has 1 aromatic rings. The molecule has 1 rings (SSSR count). The number of anilines is 1. The van der Waals surface area contributed by atoms with Gasteiger partial charge in [-0.05, 0) is 0 Å². The van der Waals surface area contributed by atoms with E-state index in [1.54, 1.807) is 19.3 Å². The largest absolute Gasteiger partial charge is 0.392 e. The van der Waals surface area contributed by atoms with E-state index in [0.29, 0.717) is 5.82 Å². The van der Waals surface area contributed by atoms with Crippen LogP contribution in [0.15, 0.2) is 12.3 Å². The summed E-state index contributed by atoms with van der Waals surface area (Å²) >= 11 is 4.55. The van der Waals surface area contributed by atoms with Gasteiger partial charge in [-0.2, -0.15) is 5.10 Å². The Morgan fingerprint density at radius 1 is 1.56 bits per heavy atom. The Morgan fingerprint density at radius 3 is 2.75 bits per heavy atom. The zero-order valence-electron chi connectivity index (χ0n) is 8.56. The van der Waals surface area contributed by atoms with E-state index in [2.05, 4.69) is 28.0 Å². The van der Waals surface area contributed by atoms with E-state index in [0.717, 1.165) is 0 Å². The summed E-state index contributed by atoms with van der Waals surface area (Å²) in [6.07, 6.45) is 1.64. The van der Waals surface area contributed by atoms with Gasteiger partial charge in [0.1, 0.15) is 0 Å². The Bertz CT molecular complexity index is 428. The molecule has 0 aliphatic rings. The van der Waals surface area contributed by atoms with E-state index in [9.17, 15) is 9.59 Å². The number of aryl methyl sites for hydroxylation is 1. The lowest BCUT2D eigenvalue weighted by atomic mass is 10.5. The molecule has 0 atom stereocenters. The van der Waals surface area contributed by atoms with Gasteiger partial charge >= 0.3 is 11.8 Å². The van der Waals surface area contributed by atoms with E-state index >= 15 is 0 Å². The number of amides is 2. The molecule has 0 aliphatic heterocycles. The number of nitrogens with two attached hydrogens (primary N) is 1. The van der Waals surface area contributed by atoms with Gasteiger partial charge in [-0.15, -0.1) is 0 Å². The number of hydrogen-bond donors (Lipinski definition) is 3. The number of carbonyl (C=O) groups is 2. The highest BCUT2D eigenvalue weighted by atomic mass is 32.1. The van der Waals surface area contributed by atoms with Crippen LogP contribution in [-0.4, -0.2) is 33.1 Å². The Labute approximate surface area is 97.0 Å². The second-order valence-electron chi connectivity index (χ2n) is 2.98. The maximum absolute atomic E-state index is 11.3. The minimum absolute atomic E-state index is 0.0101. The molecule has 0 unspecified atom stereocenters. The van der Waals surface area contributed by atoms with Crippen molar-refractivity contribution in [1.82, 2.24) is 15.1 Å². The fourth-order valence-electron chi connectivity index (χ4n) is 0.902. The number of hydrogen-bond acceptors (Lipinski definition) is 4. The Balaban J connectivity index is 2.46. The van der Waals surface area contributed by atoms with Gasteiger partial charge < -0.3 is 16.4 Å². The highest BCUT2D eigenvalue weighted by Gasteiger charge is 2.14. The molecule has 0 spiro atoms. The van der Waals surface area contributed by atoms with Crippen LogP contribution in [0.5, 0.6) is 0 Å². The molecule has 86 valence electrons. The number of nitrogens with one attached hydrogen (secondary N) is 2. The van der Waals surface area contributed by atoms with Gasteiger partial charge in [0, 0.05) is 19.3 Å². The predicted octanol–water partition coefficient (Wildman–Crippen LogP) is -1.24. The minimum atomic E-state index is -0.810. The van der Waals surface area contributed by atoms with Gasteiger partial charge in [-0.1, -0.05) is 12.2 Å². The van der Waals surface area contributed by atoms with Crippen molar-refractivity contribution >= 4 is 34.8 Å². The standard InChI is InChI=1S/C8H11N5O2S/c1-13-3-2-6(12-13)11-8(15)7(14)10-4-5(9)16/h2-3H,4H2,1H3,(H2,9,16)(H,10,14)(H,11,12,15). The van der Waals surface area contributed by atoms with Crippen LogP contribution in [0.4, 0.5) is 5.82 Å². The Kier molecular flexibility index (Phi) is 3.95. The van der Waals surface area contributed by atoms with Crippen molar-refractivity contribution in [3.63, 3.8) is 0 Å². The highest BCUT2D eigenvalue weighted by Crippen LogP contribution is 1.99. The summed E-state index contributed by atoms with van der Waals surface area (Å²) in [5.41, 5.74) is 5.17. The van der Waals surface area contributed by atoms with Crippen molar-refractivity contribution in [2.45, 2.75) is 0 Å². The number of rotatable bonds is 3. The second kappa shape index (κ2) is 5.21. The van der Waals surface area contributed by atoms with Crippen LogP contribution < -0.4 is 16.4 Å². The monoisotopic (exact) mass is 241 g/mol. The van der Waals surface area contributed by atoms with Crippen LogP contribution in [0.2, 0.25) is 0 Å². The number of carbonyl (C=O) groups excluding carboxylic acids is 2. The molecule has 0 saturated heterocycles. The summed E-state index contributed by atoms with van der Waals surface area (Å²) in [6.45, 7) is -0.0101. The predicted molar refractivity (Wildman–Crippen MR) is 61.6 cm³/mol. The molecule has 2 amide bonds. The average molecular weight is 241 g/mol. The molecule has 1 aromatic heterocycles. The SMILES string of the molecule is Cn1ccc(NC(=O)C(=O)NCC(N)=S)n1. The highest BCUT2D eigenvalue weighted by molar-refractivity contribution is 7.80. The van der Waals surface area contributed by atoms with E-state index < -0.39 is 11.8 Å². The Hall–Kier alpha value is -1.96. The summed E-state index contributed by atoms with van der Waals surface area (Å²) < 4.78 is 1.50. The van der Waals surface area contributed by atoms with Gasteiger partial charge in [-0.25, -0.2) is 0 Å².